The molecule has 3 heterocycles. The van der Waals surface area contributed by atoms with E-state index in [-0.39, 0.29) is 0 Å². The zero-order valence-corrected chi connectivity index (χ0v) is 12.8. The van der Waals surface area contributed by atoms with Crippen LogP contribution in [-0.4, -0.2) is 53.2 Å². The molecular formula is C16H23N3O2. The number of rotatable bonds is 3. The Balaban J connectivity index is 1.85. The van der Waals surface area contributed by atoms with E-state index >= 15 is 0 Å². The SMILES string of the molecule is Cc1cc(N2CCC(N3CCCC3)C2)c(C(=O)O)c(C)n1. The van der Waals surface area contributed by atoms with Gasteiger partial charge in [0.15, 0.2) is 0 Å². The third kappa shape index (κ3) is 2.75. The first kappa shape index (κ1) is 14.3. The number of hydrogen-bond donors (Lipinski definition) is 1. The quantitative estimate of drug-likeness (QED) is 0.923. The van der Waals surface area contributed by atoms with E-state index < -0.39 is 5.97 Å². The second-order valence-electron chi connectivity index (χ2n) is 6.18. The van der Waals surface area contributed by atoms with Gasteiger partial charge in [0.1, 0.15) is 5.56 Å². The third-order valence-corrected chi connectivity index (χ3v) is 4.68. The van der Waals surface area contributed by atoms with Crippen molar-refractivity contribution in [3.05, 3.63) is 23.0 Å². The molecule has 1 aromatic rings. The molecule has 3 rings (SSSR count). The van der Waals surface area contributed by atoms with E-state index in [1.54, 1.807) is 6.92 Å². The summed E-state index contributed by atoms with van der Waals surface area (Å²) < 4.78 is 0. The highest BCUT2D eigenvalue weighted by Gasteiger charge is 2.31. The van der Waals surface area contributed by atoms with Crippen molar-refractivity contribution < 1.29 is 9.90 Å². The van der Waals surface area contributed by atoms with Crippen LogP contribution in [-0.2, 0) is 0 Å². The average Bonchev–Trinajstić information content (AvgIpc) is 3.08. The number of aromatic carboxylic acids is 1. The molecule has 1 N–H and O–H groups in total. The van der Waals surface area contributed by atoms with Gasteiger partial charge in [0.25, 0.3) is 0 Å². The van der Waals surface area contributed by atoms with Crippen molar-refractivity contribution in [2.24, 2.45) is 0 Å². The number of pyridine rings is 1. The number of carboxylic acids is 1. The lowest BCUT2D eigenvalue weighted by Crippen LogP contribution is -2.35. The molecule has 0 aromatic carbocycles. The predicted molar refractivity (Wildman–Crippen MR) is 82.1 cm³/mol. The minimum absolute atomic E-state index is 0.364. The number of aromatic nitrogens is 1. The summed E-state index contributed by atoms with van der Waals surface area (Å²) >= 11 is 0. The van der Waals surface area contributed by atoms with Crippen molar-refractivity contribution >= 4 is 11.7 Å². The van der Waals surface area contributed by atoms with Crippen LogP contribution in [0.15, 0.2) is 6.07 Å². The first-order chi connectivity index (χ1) is 10.1. The summed E-state index contributed by atoms with van der Waals surface area (Å²) in [7, 11) is 0. The molecule has 114 valence electrons. The summed E-state index contributed by atoms with van der Waals surface area (Å²) in [6.07, 6.45) is 3.72. The van der Waals surface area contributed by atoms with E-state index in [1.165, 1.54) is 25.9 Å². The van der Waals surface area contributed by atoms with Crippen LogP contribution in [0.2, 0.25) is 0 Å². The van der Waals surface area contributed by atoms with Gasteiger partial charge in [-0.05, 0) is 52.3 Å². The minimum Gasteiger partial charge on any atom is -0.478 e. The van der Waals surface area contributed by atoms with Crippen molar-refractivity contribution in [1.82, 2.24) is 9.88 Å². The Bertz CT molecular complexity index is 553. The molecule has 1 aromatic heterocycles. The van der Waals surface area contributed by atoms with E-state index in [4.69, 9.17) is 0 Å². The van der Waals surface area contributed by atoms with Crippen molar-refractivity contribution in [2.75, 3.05) is 31.1 Å². The van der Waals surface area contributed by atoms with Crippen LogP contribution in [0.5, 0.6) is 0 Å². The molecule has 0 amide bonds. The monoisotopic (exact) mass is 289 g/mol. The van der Waals surface area contributed by atoms with E-state index in [0.717, 1.165) is 30.9 Å². The van der Waals surface area contributed by atoms with Gasteiger partial charge < -0.3 is 10.0 Å². The Hall–Kier alpha value is -1.62. The molecule has 1 atom stereocenters. The lowest BCUT2D eigenvalue weighted by Gasteiger charge is -2.25. The molecule has 5 nitrogen and oxygen atoms in total. The van der Waals surface area contributed by atoms with Gasteiger partial charge >= 0.3 is 5.97 Å². The van der Waals surface area contributed by atoms with Crippen molar-refractivity contribution in [2.45, 2.75) is 39.2 Å². The van der Waals surface area contributed by atoms with E-state index in [0.29, 0.717) is 17.3 Å². The number of carbonyl (C=O) groups is 1. The van der Waals surface area contributed by atoms with Crippen LogP contribution in [0.1, 0.15) is 41.0 Å². The van der Waals surface area contributed by atoms with Gasteiger partial charge in [-0.25, -0.2) is 4.79 Å². The van der Waals surface area contributed by atoms with Crippen molar-refractivity contribution in [1.29, 1.82) is 0 Å². The van der Waals surface area contributed by atoms with Crippen LogP contribution in [0.4, 0.5) is 5.69 Å². The fraction of sp³-hybridized carbons (Fsp3) is 0.625. The van der Waals surface area contributed by atoms with Crippen LogP contribution in [0.25, 0.3) is 0 Å². The van der Waals surface area contributed by atoms with E-state index in [1.807, 2.05) is 13.0 Å². The molecule has 2 fully saturated rings. The second kappa shape index (κ2) is 5.64. The fourth-order valence-electron chi connectivity index (χ4n) is 3.69. The highest BCUT2D eigenvalue weighted by Crippen LogP contribution is 2.29. The molecule has 2 aliphatic rings. The van der Waals surface area contributed by atoms with Crippen LogP contribution in [0.3, 0.4) is 0 Å². The molecular weight excluding hydrogens is 266 g/mol. The average molecular weight is 289 g/mol. The number of hydrogen-bond acceptors (Lipinski definition) is 4. The van der Waals surface area contributed by atoms with Gasteiger partial charge in [-0.15, -0.1) is 0 Å². The lowest BCUT2D eigenvalue weighted by atomic mass is 10.1. The van der Waals surface area contributed by atoms with Crippen LogP contribution in [0, 0.1) is 13.8 Å². The van der Waals surface area contributed by atoms with E-state index in [2.05, 4.69) is 14.8 Å². The van der Waals surface area contributed by atoms with Crippen LogP contribution >= 0.6 is 0 Å². The van der Waals surface area contributed by atoms with Gasteiger partial charge in [-0.3, -0.25) is 9.88 Å². The number of nitrogens with zero attached hydrogens (tertiary/aromatic N) is 3. The van der Waals surface area contributed by atoms with E-state index in [9.17, 15) is 9.90 Å². The standard InChI is InChI=1S/C16H23N3O2/c1-11-9-14(15(16(20)21)12(2)17-11)19-8-5-13(10-19)18-6-3-4-7-18/h9,13H,3-8,10H2,1-2H3,(H,20,21). The zero-order chi connectivity index (χ0) is 15.0. The molecule has 0 radical (unpaired) electrons. The molecule has 1 unspecified atom stereocenters. The number of likely N-dealkylation sites (tertiary alicyclic amines) is 1. The van der Waals surface area contributed by atoms with Gasteiger partial charge in [0.05, 0.1) is 11.4 Å². The molecule has 2 saturated heterocycles. The maximum atomic E-state index is 11.6. The van der Waals surface area contributed by atoms with Crippen LogP contribution < -0.4 is 4.90 Å². The summed E-state index contributed by atoms with van der Waals surface area (Å²) in [5.74, 6) is -0.875. The Labute approximate surface area is 125 Å². The van der Waals surface area contributed by atoms with Gasteiger partial charge in [-0.1, -0.05) is 0 Å². The molecule has 0 spiro atoms. The molecule has 0 bridgehead atoms. The zero-order valence-electron chi connectivity index (χ0n) is 12.8. The predicted octanol–water partition coefficient (Wildman–Crippen LogP) is 2.07. The summed E-state index contributed by atoms with van der Waals surface area (Å²) in [6, 6.07) is 2.49. The summed E-state index contributed by atoms with van der Waals surface area (Å²) in [5, 5.41) is 9.50. The summed E-state index contributed by atoms with van der Waals surface area (Å²) in [5.41, 5.74) is 2.70. The first-order valence-corrected chi connectivity index (χ1v) is 7.77. The molecule has 21 heavy (non-hydrogen) atoms. The van der Waals surface area contributed by atoms with Gasteiger partial charge in [0, 0.05) is 24.8 Å². The summed E-state index contributed by atoms with van der Waals surface area (Å²) in [4.78, 5) is 20.7. The maximum Gasteiger partial charge on any atom is 0.339 e. The highest BCUT2D eigenvalue weighted by molar-refractivity contribution is 5.95. The Morgan fingerprint density at radius 3 is 2.67 bits per heavy atom. The normalized spacial score (nSPS) is 23.0. The topological polar surface area (TPSA) is 56.7 Å². The Morgan fingerprint density at radius 2 is 2.00 bits per heavy atom. The smallest absolute Gasteiger partial charge is 0.339 e. The fourth-order valence-corrected chi connectivity index (χ4v) is 3.69. The molecule has 5 heteroatoms. The third-order valence-electron chi connectivity index (χ3n) is 4.68. The van der Waals surface area contributed by atoms with Gasteiger partial charge in [-0.2, -0.15) is 0 Å². The maximum absolute atomic E-state index is 11.6. The minimum atomic E-state index is -0.875. The Morgan fingerprint density at radius 1 is 1.29 bits per heavy atom. The molecule has 0 saturated carbocycles. The summed E-state index contributed by atoms with van der Waals surface area (Å²) in [6.45, 7) is 7.97. The highest BCUT2D eigenvalue weighted by atomic mass is 16.4. The van der Waals surface area contributed by atoms with Crippen molar-refractivity contribution in [3.63, 3.8) is 0 Å². The van der Waals surface area contributed by atoms with Gasteiger partial charge in [0.2, 0.25) is 0 Å². The Kier molecular flexibility index (Phi) is 3.85. The number of anilines is 1. The first-order valence-electron chi connectivity index (χ1n) is 7.77. The number of carboxylic acid groups (broad SMARTS) is 1. The lowest BCUT2D eigenvalue weighted by molar-refractivity contribution is 0.0696. The largest absolute Gasteiger partial charge is 0.478 e. The second-order valence-corrected chi connectivity index (χ2v) is 6.18. The number of aryl methyl sites for hydroxylation is 2. The molecule has 2 aliphatic heterocycles. The van der Waals surface area contributed by atoms with Crippen molar-refractivity contribution in [3.8, 4) is 0 Å². The molecule has 0 aliphatic carbocycles.